The number of hydrogen-bond acceptors (Lipinski definition) is 5. The molecule has 0 aliphatic carbocycles. The number of nitrogens with zero attached hydrogens (tertiary/aromatic N) is 5. The van der Waals surface area contributed by atoms with Crippen LogP contribution in [-0.4, -0.2) is 46.1 Å². The summed E-state index contributed by atoms with van der Waals surface area (Å²) in [5.41, 5.74) is 0.710. The summed E-state index contributed by atoms with van der Waals surface area (Å²) >= 11 is 3.36. The molecule has 0 amide bonds. The minimum atomic E-state index is -4.42. The van der Waals surface area contributed by atoms with E-state index in [9.17, 15) is 13.2 Å². The number of rotatable bonds is 2. The molecule has 3 aromatic rings. The van der Waals surface area contributed by atoms with Crippen LogP contribution in [0, 0.1) is 0 Å². The maximum absolute atomic E-state index is 13.2. The van der Waals surface area contributed by atoms with Crippen molar-refractivity contribution in [3.63, 3.8) is 0 Å². The van der Waals surface area contributed by atoms with Crippen molar-refractivity contribution in [2.45, 2.75) is 6.18 Å². The van der Waals surface area contributed by atoms with Gasteiger partial charge in [0, 0.05) is 43.0 Å². The molecule has 10 heteroatoms. The molecular formula is C16H14BrF3N6. The molecule has 1 aliphatic rings. The van der Waals surface area contributed by atoms with Gasteiger partial charge in [0.25, 0.3) is 0 Å². The number of aromatic nitrogens is 4. The summed E-state index contributed by atoms with van der Waals surface area (Å²) < 4.78 is 40.4. The zero-order valence-electron chi connectivity index (χ0n) is 13.5. The fourth-order valence-corrected chi connectivity index (χ4v) is 3.34. The molecule has 0 saturated carbocycles. The molecule has 3 aromatic heterocycles. The smallest absolute Gasteiger partial charge is 0.353 e. The van der Waals surface area contributed by atoms with Crippen LogP contribution >= 0.6 is 15.9 Å². The van der Waals surface area contributed by atoms with Gasteiger partial charge in [-0.05, 0) is 34.1 Å². The number of anilines is 2. The highest BCUT2D eigenvalue weighted by Gasteiger charge is 2.36. The molecule has 0 aromatic carbocycles. The monoisotopic (exact) mass is 426 g/mol. The summed E-state index contributed by atoms with van der Waals surface area (Å²) in [4.78, 5) is 19.5. The Bertz CT molecular complexity index is 933. The predicted molar refractivity (Wildman–Crippen MR) is 95.3 cm³/mol. The van der Waals surface area contributed by atoms with Crippen LogP contribution in [0.4, 0.5) is 24.9 Å². The minimum absolute atomic E-state index is 0.0187. The number of hydrogen-bond donors (Lipinski definition) is 1. The molecule has 26 heavy (non-hydrogen) atoms. The number of fused-ring (bicyclic) bond motifs is 1. The molecule has 1 aliphatic heterocycles. The molecule has 4 heterocycles. The van der Waals surface area contributed by atoms with E-state index in [1.165, 1.54) is 12.3 Å². The molecule has 0 bridgehead atoms. The first kappa shape index (κ1) is 17.1. The van der Waals surface area contributed by atoms with Crippen molar-refractivity contribution in [2.75, 3.05) is 36.0 Å². The minimum Gasteiger partial charge on any atom is -0.353 e. The average molecular weight is 427 g/mol. The lowest BCUT2D eigenvalue weighted by molar-refractivity contribution is -0.137. The van der Waals surface area contributed by atoms with E-state index in [2.05, 4.69) is 35.9 Å². The second-order valence-electron chi connectivity index (χ2n) is 5.93. The van der Waals surface area contributed by atoms with Crippen LogP contribution in [0.1, 0.15) is 5.56 Å². The summed E-state index contributed by atoms with van der Waals surface area (Å²) in [6.45, 7) is 1.92. The third-order valence-corrected chi connectivity index (χ3v) is 4.70. The van der Waals surface area contributed by atoms with Crippen LogP contribution in [0.5, 0.6) is 0 Å². The van der Waals surface area contributed by atoms with Gasteiger partial charge < -0.3 is 14.8 Å². The van der Waals surface area contributed by atoms with E-state index < -0.39 is 11.7 Å². The third kappa shape index (κ3) is 3.20. The fourth-order valence-electron chi connectivity index (χ4n) is 3.01. The van der Waals surface area contributed by atoms with E-state index in [4.69, 9.17) is 0 Å². The zero-order chi connectivity index (χ0) is 18.3. The van der Waals surface area contributed by atoms with Gasteiger partial charge in [0.15, 0.2) is 5.65 Å². The van der Waals surface area contributed by atoms with Crippen molar-refractivity contribution in [2.24, 2.45) is 0 Å². The van der Waals surface area contributed by atoms with Crippen LogP contribution in [0.2, 0.25) is 0 Å². The number of imidazole rings is 1. The fraction of sp³-hybridized carbons (Fsp3) is 0.312. The van der Waals surface area contributed by atoms with Gasteiger partial charge >= 0.3 is 6.18 Å². The summed E-state index contributed by atoms with van der Waals surface area (Å²) in [7, 11) is 0. The first-order valence-corrected chi connectivity index (χ1v) is 8.74. The molecule has 136 valence electrons. The molecule has 4 rings (SSSR count). The highest BCUT2D eigenvalue weighted by Crippen LogP contribution is 2.35. The van der Waals surface area contributed by atoms with E-state index in [1.54, 1.807) is 11.1 Å². The highest BCUT2D eigenvalue weighted by atomic mass is 79.9. The number of H-pyrrole nitrogens is 1. The van der Waals surface area contributed by atoms with Crippen LogP contribution < -0.4 is 9.80 Å². The summed E-state index contributed by atoms with van der Waals surface area (Å²) in [6.07, 6.45) is -1.36. The van der Waals surface area contributed by atoms with Crippen LogP contribution in [0.15, 0.2) is 35.1 Å². The maximum Gasteiger partial charge on any atom is 0.419 e. The second kappa shape index (κ2) is 6.42. The van der Waals surface area contributed by atoms with Crippen molar-refractivity contribution in [3.8, 4) is 0 Å². The lowest BCUT2D eigenvalue weighted by Gasteiger charge is -2.36. The standard InChI is InChI=1S/C16H14BrF3N6/c17-10-8-12-13(22-9-10)24-15(23-12)26-6-4-25(5-7-26)14-11(16(18,19)20)2-1-3-21-14/h1-3,8-9H,4-7H2,(H,22,23,24). The first-order chi connectivity index (χ1) is 12.4. The van der Waals surface area contributed by atoms with E-state index >= 15 is 0 Å². The Labute approximate surface area is 155 Å². The normalized spacial score (nSPS) is 15.7. The Morgan fingerprint density at radius 1 is 1.08 bits per heavy atom. The maximum atomic E-state index is 13.2. The summed E-state index contributed by atoms with van der Waals surface area (Å²) in [5, 5.41) is 0. The number of nitrogens with one attached hydrogen (secondary N) is 1. The first-order valence-electron chi connectivity index (χ1n) is 7.95. The van der Waals surface area contributed by atoms with Crippen LogP contribution in [0.25, 0.3) is 11.2 Å². The van der Waals surface area contributed by atoms with E-state index in [0.717, 1.165) is 16.1 Å². The van der Waals surface area contributed by atoms with Gasteiger partial charge in [-0.2, -0.15) is 18.2 Å². The zero-order valence-corrected chi connectivity index (χ0v) is 15.0. The number of pyridine rings is 2. The topological polar surface area (TPSA) is 60.9 Å². The van der Waals surface area contributed by atoms with E-state index in [-0.39, 0.29) is 5.82 Å². The number of piperazine rings is 1. The molecule has 1 fully saturated rings. The molecule has 1 saturated heterocycles. The lowest BCUT2D eigenvalue weighted by atomic mass is 10.2. The van der Waals surface area contributed by atoms with Gasteiger partial charge in [-0.3, -0.25) is 0 Å². The quantitative estimate of drug-likeness (QED) is 0.679. The largest absolute Gasteiger partial charge is 0.419 e. The van der Waals surface area contributed by atoms with E-state index in [1.807, 2.05) is 11.0 Å². The van der Waals surface area contributed by atoms with Gasteiger partial charge in [0.1, 0.15) is 5.82 Å². The van der Waals surface area contributed by atoms with Crippen molar-refractivity contribution < 1.29 is 13.2 Å². The van der Waals surface area contributed by atoms with Crippen LogP contribution in [-0.2, 0) is 6.18 Å². The molecule has 1 N–H and O–H groups in total. The van der Waals surface area contributed by atoms with Gasteiger partial charge in [-0.15, -0.1) is 0 Å². The van der Waals surface area contributed by atoms with Gasteiger partial charge in [-0.25, -0.2) is 9.97 Å². The van der Waals surface area contributed by atoms with Crippen molar-refractivity contribution in [1.29, 1.82) is 0 Å². The Hall–Kier alpha value is -2.36. The number of halogens is 4. The Kier molecular flexibility index (Phi) is 4.22. The van der Waals surface area contributed by atoms with E-state index in [0.29, 0.717) is 37.8 Å². The molecule has 6 nitrogen and oxygen atoms in total. The van der Waals surface area contributed by atoms with Gasteiger partial charge in [0.2, 0.25) is 5.95 Å². The van der Waals surface area contributed by atoms with Crippen molar-refractivity contribution >= 4 is 38.9 Å². The molecular weight excluding hydrogens is 413 g/mol. The Morgan fingerprint density at radius 3 is 2.54 bits per heavy atom. The Morgan fingerprint density at radius 2 is 1.81 bits per heavy atom. The Balaban J connectivity index is 1.52. The average Bonchev–Trinajstić information content (AvgIpc) is 3.04. The van der Waals surface area contributed by atoms with Crippen LogP contribution in [0.3, 0.4) is 0 Å². The summed E-state index contributed by atoms with van der Waals surface area (Å²) in [6, 6.07) is 4.26. The van der Waals surface area contributed by atoms with Gasteiger partial charge in [0.05, 0.1) is 11.1 Å². The molecule has 0 unspecified atom stereocenters. The predicted octanol–water partition coefficient (Wildman–Crippen LogP) is 3.46. The summed E-state index contributed by atoms with van der Waals surface area (Å²) in [5.74, 6) is 0.650. The van der Waals surface area contributed by atoms with Crippen molar-refractivity contribution in [1.82, 2.24) is 19.9 Å². The molecule has 0 spiro atoms. The SMILES string of the molecule is FC(F)(F)c1cccnc1N1CCN(c2nc3ncc(Br)cc3[nH]2)CC1. The van der Waals surface area contributed by atoms with Crippen molar-refractivity contribution in [3.05, 3.63) is 40.6 Å². The second-order valence-corrected chi connectivity index (χ2v) is 6.85. The number of aromatic amines is 1. The molecule has 0 atom stereocenters. The molecule has 0 radical (unpaired) electrons. The highest BCUT2D eigenvalue weighted by molar-refractivity contribution is 9.10. The number of alkyl halides is 3. The third-order valence-electron chi connectivity index (χ3n) is 4.26. The lowest BCUT2D eigenvalue weighted by Crippen LogP contribution is -2.47. The van der Waals surface area contributed by atoms with Gasteiger partial charge in [-0.1, -0.05) is 0 Å².